The third-order valence-corrected chi connectivity index (χ3v) is 2.85. The summed E-state index contributed by atoms with van der Waals surface area (Å²) in [7, 11) is 0. The minimum absolute atomic E-state index is 0.328. The maximum Gasteiger partial charge on any atom is 0.308 e. The van der Waals surface area contributed by atoms with Gasteiger partial charge >= 0.3 is 5.97 Å². The monoisotopic (exact) mass is 266 g/mol. The second-order valence-electron chi connectivity index (χ2n) is 4.29. The summed E-state index contributed by atoms with van der Waals surface area (Å²) in [5.74, 6) is -1.28. The number of carboxylic acids is 1. The van der Waals surface area contributed by atoms with Gasteiger partial charge in [-0.15, -0.1) is 0 Å². The molecule has 0 radical (unpaired) electrons. The van der Waals surface area contributed by atoms with E-state index >= 15 is 0 Å². The van der Waals surface area contributed by atoms with Crippen LogP contribution in [0, 0.1) is 12.8 Å². The van der Waals surface area contributed by atoms with Gasteiger partial charge in [-0.1, -0.05) is 36.8 Å². The molecular formula is C13H18N2O2S. The van der Waals surface area contributed by atoms with Crippen LogP contribution in [-0.2, 0) is 11.3 Å². The van der Waals surface area contributed by atoms with Gasteiger partial charge in [0.2, 0.25) is 0 Å². The molecule has 5 heteroatoms. The normalized spacial score (nSPS) is 11.7. The van der Waals surface area contributed by atoms with Crippen LogP contribution in [0.25, 0.3) is 0 Å². The Kier molecular flexibility index (Phi) is 5.58. The van der Waals surface area contributed by atoms with Gasteiger partial charge in [-0.3, -0.25) is 4.79 Å². The highest BCUT2D eigenvalue weighted by Gasteiger charge is 2.10. The van der Waals surface area contributed by atoms with E-state index in [0.717, 1.165) is 5.56 Å². The molecule has 0 fully saturated rings. The van der Waals surface area contributed by atoms with E-state index < -0.39 is 11.9 Å². The van der Waals surface area contributed by atoms with Gasteiger partial charge in [-0.05, 0) is 24.7 Å². The lowest BCUT2D eigenvalue weighted by Gasteiger charge is -2.12. The van der Waals surface area contributed by atoms with Crippen molar-refractivity contribution >= 4 is 23.3 Å². The number of hydrogen-bond acceptors (Lipinski definition) is 2. The van der Waals surface area contributed by atoms with Crippen molar-refractivity contribution in [3.8, 4) is 0 Å². The quantitative estimate of drug-likeness (QED) is 0.708. The van der Waals surface area contributed by atoms with Gasteiger partial charge in [0.25, 0.3) is 0 Å². The SMILES string of the molecule is Cc1ccc(CNC(=S)NCC(C)C(=O)O)cc1. The fraction of sp³-hybridized carbons (Fsp3) is 0.385. The van der Waals surface area contributed by atoms with Crippen LogP contribution in [0.2, 0.25) is 0 Å². The maximum atomic E-state index is 10.6. The molecule has 0 amide bonds. The lowest BCUT2D eigenvalue weighted by Crippen LogP contribution is -2.38. The standard InChI is InChI=1S/C13H18N2O2S/c1-9-3-5-11(6-4-9)8-15-13(18)14-7-10(2)12(16)17/h3-6,10H,7-8H2,1-2H3,(H,16,17)(H2,14,15,18). The zero-order chi connectivity index (χ0) is 13.5. The van der Waals surface area contributed by atoms with Crippen LogP contribution < -0.4 is 10.6 Å². The summed E-state index contributed by atoms with van der Waals surface area (Å²) in [6.45, 7) is 4.64. The van der Waals surface area contributed by atoms with Crippen molar-refractivity contribution in [3.05, 3.63) is 35.4 Å². The summed E-state index contributed by atoms with van der Waals surface area (Å²) < 4.78 is 0. The molecule has 0 aliphatic carbocycles. The Labute approximate surface area is 112 Å². The second kappa shape index (κ2) is 6.96. The van der Waals surface area contributed by atoms with Gasteiger partial charge in [-0.2, -0.15) is 0 Å². The van der Waals surface area contributed by atoms with E-state index in [1.54, 1.807) is 6.92 Å². The van der Waals surface area contributed by atoms with E-state index in [1.165, 1.54) is 5.56 Å². The van der Waals surface area contributed by atoms with Gasteiger partial charge in [0, 0.05) is 13.1 Å². The number of hydrogen-bond donors (Lipinski definition) is 3. The topological polar surface area (TPSA) is 61.4 Å². The van der Waals surface area contributed by atoms with Gasteiger partial charge < -0.3 is 15.7 Å². The molecule has 0 spiro atoms. The van der Waals surface area contributed by atoms with E-state index in [2.05, 4.69) is 10.6 Å². The average Bonchev–Trinajstić information content (AvgIpc) is 2.35. The Bertz CT molecular complexity index is 418. The number of carbonyl (C=O) groups is 1. The highest BCUT2D eigenvalue weighted by molar-refractivity contribution is 7.80. The third kappa shape index (κ3) is 5.14. The first-order valence-corrected chi connectivity index (χ1v) is 6.20. The zero-order valence-corrected chi connectivity index (χ0v) is 11.4. The van der Waals surface area contributed by atoms with E-state index in [0.29, 0.717) is 18.2 Å². The van der Waals surface area contributed by atoms with Crippen molar-refractivity contribution in [1.29, 1.82) is 0 Å². The fourth-order valence-corrected chi connectivity index (χ4v) is 1.44. The smallest absolute Gasteiger partial charge is 0.308 e. The van der Waals surface area contributed by atoms with Crippen LogP contribution >= 0.6 is 12.2 Å². The van der Waals surface area contributed by atoms with Crippen LogP contribution in [0.5, 0.6) is 0 Å². The summed E-state index contributed by atoms with van der Waals surface area (Å²) in [4.78, 5) is 10.6. The first kappa shape index (κ1) is 14.4. The molecule has 18 heavy (non-hydrogen) atoms. The van der Waals surface area contributed by atoms with Crippen LogP contribution in [-0.4, -0.2) is 22.7 Å². The summed E-state index contributed by atoms with van der Waals surface area (Å²) in [5.41, 5.74) is 2.35. The van der Waals surface area contributed by atoms with Crippen LogP contribution in [0.1, 0.15) is 18.1 Å². The molecule has 1 rings (SSSR count). The summed E-state index contributed by atoms with van der Waals surface area (Å²) in [6, 6.07) is 8.15. The number of nitrogens with one attached hydrogen (secondary N) is 2. The molecule has 98 valence electrons. The molecule has 0 bridgehead atoms. The van der Waals surface area contributed by atoms with E-state index in [-0.39, 0.29) is 0 Å². The molecule has 0 aromatic heterocycles. The summed E-state index contributed by atoms with van der Waals surface area (Å²) in [6.07, 6.45) is 0. The molecular weight excluding hydrogens is 248 g/mol. The molecule has 4 nitrogen and oxygen atoms in total. The molecule has 0 heterocycles. The van der Waals surface area contributed by atoms with E-state index in [4.69, 9.17) is 17.3 Å². The van der Waals surface area contributed by atoms with Crippen molar-refractivity contribution in [1.82, 2.24) is 10.6 Å². The fourth-order valence-electron chi connectivity index (χ4n) is 1.28. The summed E-state index contributed by atoms with van der Waals surface area (Å²) >= 11 is 5.07. The first-order valence-electron chi connectivity index (χ1n) is 5.79. The zero-order valence-electron chi connectivity index (χ0n) is 10.6. The molecule has 0 saturated carbocycles. The van der Waals surface area contributed by atoms with Crippen LogP contribution in [0.3, 0.4) is 0 Å². The Hall–Kier alpha value is -1.62. The van der Waals surface area contributed by atoms with Gasteiger partial charge in [-0.25, -0.2) is 0 Å². The maximum absolute atomic E-state index is 10.6. The van der Waals surface area contributed by atoms with Gasteiger partial charge in [0.1, 0.15) is 0 Å². The molecule has 0 aliphatic heterocycles. The Morgan fingerprint density at radius 3 is 2.50 bits per heavy atom. The van der Waals surface area contributed by atoms with Crippen molar-refractivity contribution in [3.63, 3.8) is 0 Å². The Morgan fingerprint density at radius 2 is 1.94 bits per heavy atom. The number of aryl methyl sites for hydroxylation is 1. The molecule has 1 aromatic carbocycles. The number of rotatable bonds is 5. The second-order valence-corrected chi connectivity index (χ2v) is 4.70. The van der Waals surface area contributed by atoms with Crippen molar-refractivity contribution in [2.24, 2.45) is 5.92 Å². The Balaban J connectivity index is 2.29. The predicted molar refractivity (Wildman–Crippen MR) is 75.4 cm³/mol. The molecule has 0 aliphatic rings. The number of benzene rings is 1. The lowest BCUT2D eigenvalue weighted by molar-refractivity contribution is -0.140. The summed E-state index contributed by atoms with van der Waals surface area (Å²) in [5, 5.41) is 15.1. The largest absolute Gasteiger partial charge is 0.481 e. The van der Waals surface area contributed by atoms with Crippen LogP contribution in [0.15, 0.2) is 24.3 Å². The van der Waals surface area contributed by atoms with E-state index in [9.17, 15) is 4.79 Å². The van der Waals surface area contributed by atoms with E-state index in [1.807, 2.05) is 31.2 Å². The predicted octanol–water partition coefficient (Wildman–Crippen LogP) is 1.68. The highest BCUT2D eigenvalue weighted by Crippen LogP contribution is 2.02. The lowest BCUT2D eigenvalue weighted by atomic mass is 10.1. The Morgan fingerprint density at radius 1 is 1.33 bits per heavy atom. The minimum atomic E-state index is -0.830. The molecule has 1 unspecified atom stereocenters. The minimum Gasteiger partial charge on any atom is -0.481 e. The third-order valence-electron chi connectivity index (χ3n) is 2.56. The van der Waals surface area contributed by atoms with Crippen LogP contribution in [0.4, 0.5) is 0 Å². The van der Waals surface area contributed by atoms with Crippen molar-refractivity contribution < 1.29 is 9.90 Å². The van der Waals surface area contributed by atoms with Gasteiger partial charge in [0.05, 0.1) is 5.92 Å². The molecule has 0 saturated heterocycles. The van der Waals surface area contributed by atoms with Gasteiger partial charge in [0.15, 0.2) is 5.11 Å². The first-order chi connectivity index (χ1) is 8.49. The molecule has 3 N–H and O–H groups in total. The number of carboxylic acid groups (broad SMARTS) is 1. The van der Waals surface area contributed by atoms with Crippen molar-refractivity contribution in [2.75, 3.05) is 6.54 Å². The molecule has 1 aromatic rings. The highest BCUT2D eigenvalue weighted by atomic mass is 32.1. The number of thiocarbonyl (C=S) groups is 1. The molecule has 1 atom stereocenters. The average molecular weight is 266 g/mol. The van der Waals surface area contributed by atoms with Crippen molar-refractivity contribution in [2.45, 2.75) is 20.4 Å². The number of aliphatic carboxylic acids is 1.